The lowest BCUT2D eigenvalue weighted by molar-refractivity contribution is -0.148. The molecule has 1 aliphatic rings. The summed E-state index contributed by atoms with van der Waals surface area (Å²) in [5.74, 6) is -0.251. The number of esters is 1. The Balaban J connectivity index is 2.30. The van der Waals surface area contributed by atoms with Crippen LogP contribution in [0.5, 0.6) is 0 Å². The lowest BCUT2D eigenvalue weighted by Crippen LogP contribution is -2.24. The van der Waals surface area contributed by atoms with Crippen LogP contribution in [0.25, 0.3) is 0 Å². The lowest BCUT2D eigenvalue weighted by atomic mass is 9.93. The van der Waals surface area contributed by atoms with E-state index in [4.69, 9.17) is 9.47 Å². The zero-order chi connectivity index (χ0) is 12.4. The van der Waals surface area contributed by atoms with Crippen LogP contribution < -0.4 is 0 Å². The number of ether oxygens (including phenoxy) is 2. The molecule has 1 aromatic rings. The highest BCUT2D eigenvalue weighted by Gasteiger charge is 2.31. The van der Waals surface area contributed by atoms with E-state index in [1.54, 1.807) is 12.1 Å². The van der Waals surface area contributed by atoms with Crippen molar-refractivity contribution in [1.29, 1.82) is 0 Å². The average molecular weight is 236 g/mol. The van der Waals surface area contributed by atoms with Gasteiger partial charge in [0.2, 0.25) is 0 Å². The Hall–Kier alpha value is -1.84. The first kappa shape index (κ1) is 11.6. The van der Waals surface area contributed by atoms with Crippen molar-refractivity contribution in [2.45, 2.75) is 13.0 Å². The molecule has 4 heteroatoms. The van der Waals surface area contributed by atoms with E-state index in [2.05, 4.69) is 0 Å². The standard InChI is InChI=1S/C13H13FO3/c1-8-11(16-2)7-12(15)17-13(8)9-3-5-10(14)6-4-9/h3-8,13H,1-2H3/t8-,13-/m0/s1. The van der Waals surface area contributed by atoms with Crippen molar-refractivity contribution in [2.75, 3.05) is 7.11 Å². The first-order chi connectivity index (χ1) is 8.11. The molecular weight excluding hydrogens is 223 g/mol. The summed E-state index contributed by atoms with van der Waals surface area (Å²) >= 11 is 0. The molecule has 0 saturated carbocycles. The van der Waals surface area contributed by atoms with Gasteiger partial charge in [-0.25, -0.2) is 9.18 Å². The third-order valence-corrected chi connectivity index (χ3v) is 2.84. The van der Waals surface area contributed by atoms with Gasteiger partial charge in [0.25, 0.3) is 0 Å². The molecule has 1 aromatic carbocycles. The molecule has 0 saturated heterocycles. The summed E-state index contributed by atoms with van der Waals surface area (Å²) in [6.45, 7) is 1.90. The van der Waals surface area contributed by atoms with E-state index in [1.807, 2.05) is 6.92 Å². The van der Waals surface area contributed by atoms with Gasteiger partial charge in [0.15, 0.2) is 0 Å². The fourth-order valence-corrected chi connectivity index (χ4v) is 1.91. The van der Waals surface area contributed by atoms with Crippen LogP contribution in [-0.2, 0) is 14.3 Å². The highest BCUT2D eigenvalue weighted by Crippen LogP contribution is 2.34. The Morgan fingerprint density at radius 2 is 1.94 bits per heavy atom. The smallest absolute Gasteiger partial charge is 0.334 e. The fraction of sp³-hybridized carbons (Fsp3) is 0.308. The molecule has 0 amide bonds. The second-order valence-electron chi connectivity index (χ2n) is 3.95. The predicted molar refractivity (Wildman–Crippen MR) is 59.5 cm³/mol. The summed E-state index contributed by atoms with van der Waals surface area (Å²) in [5.41, 5.74) is 0.759. The first-order valence-electron chi connectivity index (χ1n) is 5.33. The monoisotopic (exact) mass is 236 g/mol. The molecule has 0 N–H and O–H groups in total. The molecule has 0 fully saturated rings. The maximum Gasteiger partial charge on any atom is 0.334 e. The van der Waals surface area contributed by atoms with Crippen molar-refractivity contribution in [3.05, 3.63) is 47.5 Å². The molecule has 0 aliphatic carbocycles. The van der Waals surface area contributed by atoms with Crippen LogP contribution in [0.3, 0.4) is 0 Å². The van der Waals surface area contributed by atoms with E-state index in [0.717, 1.165) is 5.56 Å². The van der Waals surface area contributed by atoms with Crippen molar-refractivity contribution in [2.24, 2.45) is 5.92 Å². The van der Waals surface area contributed by atoms with Crippen LogP contribution >= 0.6 is 0 Å². The highest BCUT2D eigenvalue weighted by atomic mass is 19.1. The maximum atomic E-state index is 12.8. The molecule has 1 aliphatic heterocycles. The van der Waals surface area contributed by atoms with Crippen LogP contribution in [0, 0.1) is 11.7 Å². The molecule has 2 rings (SSSR count). The molecule has 90 valence electrons. The maximum absolute atomic E-state index is 12.8. The highest BCUT2D eigenvalue weighted by molar-refractivity contribution is 5.83. The third-order valence-electron chi connectivity index (χ3n) is 2.84. The summed E-state index contributed by atoms with van der Waals surface area (Å²) in [4.78, 5) is 11.4. The number of hydrogen-bond acceptors (Lipinski definition) is 3. The second-order valence-corrected chi connectivity index (χ2v) is 3.95. The van der Waals surface area contributed by atoms with Crippen LogP contribution in [-0.4, -0.2) is 13.1 Å². The van der Waals surface area contributed by atoms with Crippen molar-refractivity contribution in [3.8, 4) is 0 Å². The van der Waals surface area contributed by atoms with Gasteiger partial charge in [-0.3, -0.25) is 0 Å². The van der Waals surface area contributed by atoms with Crippen molar-refractivity contribution < 1.29 is 18.7 Å². The van der Waals surface area contributed by atoms with Gasteiger partial charge in [0.05, 0.1) is 19.1 Å². The summed E-state index contributed by atoms with van der Waals surface area (Å²) < 4.78 is 23.2. The number of benzene rings is 1. The second kappa shape index (κ2) is 4.57. The lowest BCUT2D eigenvalue weighted by Gasteiger charge is -2.28. The van der Waals surface area contributed by atoms with Crippen LogP contribution in [0.1, 0.15) is 18.6 Å². The third kappa shape index (κ3) is 2.30. The van der Waals surface area contributed by atoms with Crippen LogP contribution in [0.2, 0.25) is 0 Å². The number of cyclic esters (lactones) is 1. The molecule has 0 radical (unpaired) electrons. The molecule has 3 nitrogen and oxygen atoms in total. The molecule has 0 spiro atoms. The Kier molecular flexibility index (Phi) is 3.13. The minimum Gasteiger partial charge on any atom is -0.500 e. The molecule has 17 heavy (non-hydrogen) atoms. The SMILES string of the molecule is COC1=CC(=O)O[C@H](c2ccc(F)cc2)[C@H]1C. The number of methoxy groups -OCH3 is 1. The normalized spacial score (nSPS) is 23.9. The van der Waals surface area contributed by atoms with Gasteiger partial charge in [-0.2, -0.15) is 0 Å². The van der Waals surface area contributed by atoms with Gasteiger partial charge in [-0.05, 0) is 17.7 Å². The van der Waals surface area contributed by atoms with Crippen molar-refractivity contribution in [1.82, 2.24) is 0 Å². The van der Waals surface area contributed by atoms with E-state index in [-0.39, 0.29) is 11.7 Å². The minimum absolute atomic E-state index is 0.0804. The van der Waals surface area contributed by atoms with E-state index < -0.39 is 12.1 Å². The summed E-state index contributed by atoms with van der Waals surface area (Å²) in [5, 5.41) is 0. The quantitative estimate of drug-likeness (QED) is 0.740. The van der Waals surface area contributed by atoms with Gasteiger partial charge in [0.1, 0.15) is 17.7 Å². The van der Waals surface area contributed by atoms with Gasteiger partial charge >= 0.3 is 5.97 Å². The Bertz CT molecular complexity index is 450. The zero-order valence-corrected chi connectivity index (χ0v) is 9.64. The van der Waals surface area contributed by atoms with Crippen LogP contribution in [0.15, 0.2) is 36.1 Å². The number of rotatable bonds is 2. The Labute approximate surface area is 98.8 Å². The molecular formula is C13H13FO3. The predicted octanol–water partition coefficient (Wildman–Crippen LogP) is 2.59. The molecule has 1 heterocycles. The van der Waals surface area contributed by atoms with Crippen molar-refractivity contribution in [3.63, 3.8) is 0 Å². The molecule has 2 atom stereocenters. The topological polar surface area (TPSA) is 35.5 Å². The fourth-order valence-electron chi connectivity index (χ4n) is 1.91. The van der Waals surface area contributed by atoms with E-state index >= 15 is 0 Å². The Morgan fingerprint density at radius 3 is 2.53 bits per heavy atom. The number of carbonyl (C=O) groups is 1. The summed E-state index contributed by atoms with van der Waals surface area (Å²) in [7, 11) is 1.52. The Morgan fingerprint density at radius 1 is 1.29 bits per heavy atom. The number of halogens is 1. The van der Waals surface area contributed by atoms with E-state index in [1.165, 1.54) is 25.3 Å². The van der Waals surface area contributed by atoms with Gasteiger partial charge in [-0.15, -0.1) is 0 Å². The molecule has 0 unspecified atom stereocenters. The molecule has 0 aromatic heterocycles. The largest absolute Gasteiger partial charge is 0.500 e. The first-order valence-corrected chi connectivity index (χ1v) is 5.33. The summed E-state index contributed by atoms with van der Waals surface area (Å²) in [6, 6.07) is 5.92. The minimum atomic E-state index is -0.436. The van der Waals surface area contributed by atoms with Crippen molar-refractivity contribution >= 4 is 5.97 Å². The number of carbonyl (C=O) groups excluding carboxylic acids is 1. The zero-order valence-electron chi connectivity index (χ0n) is 9.64. The number of hydrogen-bond donors (Lipinski definition) is 0. The van der Waals surface area contributed by atoms with Gasteiger partial charge in [0, 0.05) is 0 Å². The van der Waals surface area contributed by atoms with Gasteiger partial charge < -0.3 is 9.47 Å². The van der Waals surface area contributed by atoms with E-state index in [0.29, 0.717) is 5.76 Å². The van der Waals surface area contributed by atoms with E-state index in [9.17, 15) is 9.18 Å². The van der Waals surface area contributed by atoms with Gasteiger partial charge in [-0.1, -0.05) is 19.1 Å². The van der Waals surface area contributed by atoms with Crippen LogP contribution in [0.4, 0.5) is 4.39 Å². The average Bonchev–Trinajstić information content (AvgIpc) is 2.33. The molecule has 0 bridgehead atoms. The summed E-state index contributed by atoms with van der Waals surface area (Å²) in [6.07, 6.45) is 0.910.